The van der Waals surface area contributed by atoms with Gasteiger partial charge in [-0.15, -0.1) is 0 Å². The zero-order valence-electron chi connectivity index (χ0n) is 11.4. The number of rotatable bonds is 3. The van der Waals surface area contributed by atoms with Crippen LogP contribution in [0.4, 0.5) is 10.5 Å². The van der Waals surface area contributed by atoms with Crippen molar-refractivity contribution in [1.29, 1.82) is 0 Å². The van der Waals surface area contributed by atoms with Gasteiger partial charge in [-0.1, -0.05) is 48.5 Å². The van der Waals surface area contributed by atoms with Gasteiger partial charge in [0, 0.05) is 12.7 Å². The summed E-state index contributed by atoms with van der Waals surface area (Å²) in [5, 5.41) is 2.65. The van der Waals surface area contributed by atoms with Gasteiger partial charge >= 0.3 is 6.03 Å². The summed E-state index contributed by atoms with van der Waals surface area (Å²) in [5.74, 6) is -0.451. The molecular formula is C16H14N2O3. The van der Waals surface area contributed by atoms with Crippen molar-refractivity contribution in [2.75, 3.05) is 12.0 Å². The van der Waals surface area contributed by atoms with Gasteiger partial charge in [0.2, 0.25) is 0 Å². The second-order valence-corrected chi connectivity index (χ2v) is 4.66. The highest BCUT2D eigenvalue weighted by molar-refractivity contribution is 6.22. The topological polar surface area (TPSA) is 58.6 Å². The summed E-state index contributed by atoms with van der Waals surface area (Å²) in [4.78, 5) is 26.1. The van der Waals surface area contributed by atoms with E-state index in [0.717, 1.165) is 4.90 Å². The minimum Gasteiger partial charge on any atom is -0.347 e. The molecule has 1 aliphatic rings. The smallest absolute Gasteiger partial charge is 0.331 e. The summed E-state index contributed by atoms with van der Waals surface area (Å²) in [5.41, 5.74) is -0.382. The third-order valence-corrected chi connectivity index (χ3v) is 3.49. The summed E-state index contributed by atoms with van der Waals surface area (Å²) in [6.07, 6.45) is 0. The largest absolute Gasteiger partial charge is 0.347 e. The molecule has 1 N–H and O–H groups in total. The first-order chi connectivity index (χ1) is 10.2. The van der Waals surface area contributed by atoms with Crippen LogP contribution in [0, 0.1) is 0 Å². The third-order valence-electron chi connectivity index (χ3n) is 3.49. The summed E-state index contributed by atoms with van der Waals surface area (Å²) in [6.45, 7) is 0. The van der Waals surface area contributed by atoms with Crippen molar-refractivity contribution in [3.8, 4) is 0 Å². The number of hydrogen-bond acceptors (Lipinski definition) is 3. The number of carbonyl (C=O) groups is 2. The molecule has 0 aromatic heterocycles. The van der Waals surface area contributed by atoms with Crippen molar-refractivity contribution in [1.82, 2.24) is 5.32 Å². The zero-order valence-corrected chi connectivity index (χ0v) is 11.4. The van der Waals surface area contributed by atoms with E-state index >= 15 is 0 Å². The average molecular weight is 282 g/mol. The van der Waals surface area contributed by atoms with E-state index in [1.165, 1.54) is 7.11 Å². The molecule has 0 spiro atoms. The average Bonchev–Trinajstić information content (AvgIpc) is 2.80. The highest BCUT2D eigenvalue weighted by Gasteiger charge is 2.53. The molecule has 5 heteroatoms. The van der Waals surface area contributed by atoms with Crippen molar-refractivity contribution in [2.45, 2.75) is 5.72 Å². The molecule has 3 rings (SSSR count). The van der Waals surface area contributed by atoms with Gasteiger partial charge in [0.1, 0.15) is 0 Å². The van der Waals surface area contributed by atoms with Gasteiger partial charge in [0.25, 0.3) is 11.6 Å². The zero-order chi connectivity index (χ0) is 14.9. The van der Waals surface area contributed by atoms with Gasteiger partial charge in [-0.05, 0) is 12.1 Å². The molecule has 2 aromatic carbocycles. The predicted molar refractivity (Wildman–Crippen MR) is 77.6 cm³/mol. The van der Waals surface area contributed by atoms with Crippen molar-refractivity contribution < 1.29 is 14.3 Å². The second-order valence-electron chi connectivity index (χ2n) is 4.66. The number of urea groups is 1. The lowest BCUT2D eigenvalue weighted by Crippen LogP contribution is -2.45. The number of nitrogens with one attached hydrogen (secondary N) is 1. The van der Waals surface area contributed by atoms with E-state index in [4.69, 9.17) is 4.74 Å². The Morgan fingerprint density at radius 2 is 1.52 bits per heavy atom. The standard InChI is InChI=1S/C16H14N2O3/c1-21-16(12-8-4-2-5-9-12)14(19)18(15(20)17-16)13-10-6-3-7-11-13/h2-11H,1H3,(H,17,20). The van der Waals surface area contributed by atoms with Crippen LogP contribution >= 0.6 is 0 Å². The minimum absolute atomic E-state index is 0.451. The number of imide groups is 1. The Bertz CT molecular complexity index is 672. The van der Waals surface area contributed by atoms with Gasteiger partial charge in [-0.2, -0.15) is 0 Å². The molecule has 21 heavy (non-hydrogen) atoms. The van der Waals surface area contributed by atoms with Crippen LogP contribution in [0.5, 0.6) is 0 Å². The van der Waals surface area contributed by atoms with E-state index in [-0.39, 0.29) is 0 Å². The molecule has 1 aliphatic heterocycles. The van der Waals surface area contributed by atoms with Crippen molar-refractivity contribution in [3.05, 3.63) is 66.2 Å². The molecule has 0 saturated carbocycles. The van der Waals surface area contributed by atoms with E-state index in [0.29, 0.717) is 11.3 Å². The summed E-state index contributed by atoms with van der Waals surface area (Å²) in [7, 11) is 1.40. The third kappa shape index (κ3) is 1.98. The normalized spacial score (nSPS) is 21.5. The number of para-hydroxylation sites is 1. The van der Waals surface area contributed by atoms with Crippen LogP contribution in [-0.2, 0) is 15.3 Å². The van der Waals surface area contributed by atoms with Crippen LogP contribution in [0.15, 0.2) is 60.7 Å². The number of hydrogen-bond donors (Lipinski definition) is 1. The van der Waals surface area contributed by atoms with E-state index < -0.39 is 17.7 Å². The van der Waals surface area contributed by atoms with E-state index in [1.54, 1.807) is 48.5 Å². The van der Waals surface area contributed by atoms with Crippen LogP contribution in [0.25, 0.3) is 0 Å². The first-order valence-electron chi connectivity index (χ1n) is 6.51. The summed E-state index contributed by atoms with van der Waals surface area (Å²) < 4.78 is 5.40. The van der Waals surface area contributed by atoms with Crippen LogP contribution in [0.2, 0.25) is 0 Å². The molecule has 5 nitrogen and oxygen atoms in total. The molecule has 1 atom stereocenters. The molecule has 3 amide bonds. The van der Waals surface area contributed by atoms with Gasteiger partial charge in [-0.25, -0.2) is 9.69 Å². The lowest BCUT2D eigenvalue weighted by Gasteiger charge is -2.25. The molecule has 1 heterocycles. The van der Waals surface area contributed by atoms with Crippen LogP contribution < -0.4 is 10.2 Å². The maximum atomic E-state index is 12.8. The van der Waals surface area contributed by atoms with Gasteiger partial charge in [-0.3, -0.25) is 10.1 Å². The van der Waals surface area contributed by atoms with Gasteiger partial charge in [0.05, 0.1) is 5.69 Å². The number of carbonyl (C=O) groups excluding carboxylic acids is 2. The maximum Gasteiger partial charge on any atom is 0.331 e. The molecule has 106 valence electrons. The van der Waals surface area contributed by atoms with E-state index in [2.05, 4.69) is 5.32 Å². The molecule has 1 unspecified atom stereocenters. The highest BCUT2D eigenvalue weighted by Crippen LogP contribution is 2.32. The number of nitrogens with zero attached hydrogens (tertiary/aromatic N) is 1. The maximum absolute atomic E-state index is 12.8. The molecule has 0 radical (unpaired) electrons. The predicted octanol–water partition coefficient (Wildman–Crippen LogP) is 2.24. The summed E-state index contributed by atoms with van der Waals surface area (Å²) >= 11 is 0. The molecule has 1 fully saturated rings. The quantitative estimate of drug-likeness (QED) is 0.878. The Labute approximate surface area is 122 Å². The van der Waals surface area contributed by atoms with Crippen molar-refractivity contribution in [2.24, 2.45) is 0 Å². The van der Waals surface area contributed by atoms with Crippen LogP contribution in [0.1, 0.15) is 5.56 Å². The number of ether oxygens (including phenoxy) is 1. The van der Waals surface area contributed by atoms with Crippen molar-refractivity contribution in [3.63, 3.8) is 0 Å². The Kier molecular flexibility index (Phi) is 3.19. The van der Waals surface area contributed by atoms with Gasteiger partial charge < -0.3 is 4.74 Å². The first kappa shape index (κ1) is 13.3. The number of methoxy groups -OCH3 is 1. The Morgan fingerprint density at radius 1 is 0.952 bits per heavy atom. The SMILES string of the molecule is COC1(c2ccccc2)NC(=O)N(c2ccccc2)C1=O. The fraction of sp³-hybridized carbons (Fsp3) is 0.125. The van der Waals surface area contributed by atoms with Crippen LogP contribution in [0.3, 0.4) is 0 Å². The Morgan fingerprint density at radius 3 is 2.10 bits per heavy atom. The summed E-state index contributed by atoms with van der Waals surface area (Å²) in [6, 6.07) is 17.2. The monoisotopic (exact) mass is 282 g/mol. The van der Waals surface area contributed by atoms with E-state index in [9.17, 15) is 9.59 Å². The Balaban J connectivity index is 2.07. The van der Waals surface area contributed by atoms with Crippen molar-refractivity contribution >= 4 is 17.6 Å². The number of benzene rings is 2. The molecule has 1 saturated heterocycles. The second kappa shape index (κ2) is 5.03. The fourth-order valence-electron chi connectivity index (χ4n) is 2.45. The number of anilines is 1. The Hall–Kier alpha value is -2.66. The molecule has 0 bridgehead atoms. The fourth-order valence-corrected chi connectivity index (χ4v) is 2.45. The lowest BCUT2D eigenvalue weighted by atomic mass is 10.0. The molecule has 2 aromatic rings. The number of amides is 3. The first-order valence-corrected chi connectivity index (χ1v) is 6.51. The van der Waals surface area contributed by atoms with E-state index in [1.807, 2.05) is 12.1 Å². The van der Waals surface area contributed by atoms with Gasteiger partial charge in [0.15, 0.2) is 0 Å². The lowest BCUT2D eigenvalue weighted by molar-refractivity contribution is -0.140. The molecule has 0 aliphatic carbocycles. The minimum atomic E-state index is -1.48. The molecular weight excluding hydrogens is 268 g/mol. The highest BCUT2D eigenvalue weighted by atomic mass is 16.5. The van der Waals surface area contributed by atoms with Crippen LogP contribution in [-0.4, -0.2) is 19.0 Å².